The van der Waals surface area contributed by atoms with Gasteiger partial charge in [0.2, 0.25) is 0 Å². The van der Waals surface area contributed by atoms with Crippen LogP contribution in [0, 0.1) is 12.8 Å². The summed E-state index contributed by atoms with van der Waals surface area (Å²) < 4.78 is 5.90. The van der Waals surface area contributed by atoms with Crippen LogP contribution in [0.5, 0.6) is 0 Å². The lowest BCUT2D eigenvalue weighted by molar-refractivity contribution is -0.00222. The Kier molecular flexibility index (Phi) is 3.71. The lowest BCUT2D eigenvalue weighted by Gasteiger charge is -2.30. The molecule has 2 heterocycles. The van der Waals surface area contributed by atoms with Crippen molar-refractivity contribution in [2.45, 2.75) is 44.8 Å². The summed E-state index contributed by atoms with van der Waals surface area (Å²) in [6.45, 7) is 2.93. The van der Waals surface area contributed by atoms with E-state index in [-0.39, 0.29) is 0 Å². The number of hydrogen-bond acceptors (Lipinski definition) is 3. The van der Waals surface area contributed by atoms with E-state index in [0.717, 1.165) is 52.7 Å². The van der Waals surface area contributed by atoms with Crippen LogP contribution in [0.4, 0.5) is 5.82 Å². The van der Waals surface area contributed by atoms with Crippen molar-refractivity contribution in [2.75, 3.05) is 11.9 Å². The fraction of sp³-hybridized carbons (Fsp3) is 0.500. The first-order valence-electron chi connectivity index (χ1n) is 8.15. The van der Waals surface area contributed by atoms with E-state index in [0.29, 0.717) is 12.1 Å². The van der Waals surface area contributed by atoms with Crippen molar-refractivity contribution in [3.63, 3.8) is 0 Å². The number of pyridine rings is 1. The standard InChI is InChI=1S/C18H21ClN2O/c1-11-2-6-15(19)14-5-7-17(21-18(11)14)20-13-8-9-22-16(10-13)12-3-4-12/h2,5-7,12-13,16H,3-4,8-10H2,1H3,(H,20,21). The summed E-state index contributed by atoms with van der Waals surface area (Å²) in [6.07, 6.45) is 5.27. The normalized spacial score (nSPS) is 25.4. The molecule has 1 N–H and O–H groups in total. The minimum Gasteiger partial charge on any atom is -0.378 e. The zero-order chi connectivity index (χ0) is 15.1. The molecule has 1 aromatic carbocycles. The minimum absolute atomic E-state index is 0.447. The van der Waals surface area contributed by atoms with Gasteiger partial charge < -0.3 is 10.1 Å². The molecule has 1 aliphatic heterocycles. The van der Waals surface area contributed by atoms with Crippen LogP contribution in [-0.2, 0) is 4.74 Å². The van der Waals surface area contributed by atoms with Gasteiger partial charge in [-0.25, -0.2) is 4.98 Å². The SMILES string of the molecule is Cc1ccc(Cl)c2ccc(NC3CCOC(C4CC4)C3)nc12. The Labute approximate surface area is 136 Å². The molecule has 116 valence electrons. The maximum Gasteiger partial charge on any atom is 0.126 e. The van der Waals surface area contributed by atoms with Crippen LogP contribution in [-0.4, -0.2) is 23.7 Å². The molecule has 2 atom stereocenters. The molecular formula is C18H21ClN2O. The Balaban J connectivity index is 1.55. The number of nitrogens with zero attached hydrogens (tertiary/aromatic N) is 1. The van der Waals surface area contributed by atoms with Gasteiger partial charge in [0.05, 0.1) is 11.6 Å². The van der Waals surface area contributed by atoms with Gasteiger partial charge in [-0.05, 0) is 62.3 Å². The van der Waals surface area contributed by atoms with Crippen molar-refractivity contribution >= 4 is 28.3 Å². The van der Waals surface area contributed by atoms with Gasteiger partial charge in [0.15, 0.2) is 0 Å². The van der Waals surface area contributed by atoms with E-state index in [1.54, 1.807) is 0 Å². The fourth-order valence-corrected chi connectivity index (χ4v) is 3.58. The zero-order valence-electron chi connectivity index (χ0n) is 12.8. The third-order valence-corrected chi connectivity index (χ3v) is 5.15. The third-order valence-electron chi connectivity index (χ3n) is 4.82. The second-order valence-corrected chi connectivity index (χ2v) is 6.98. The fourth-order valence-electron chi connectivity index (χ4n) is 3.36. The molecule has 1 saturated carbocycles. The molecule has 2 fully saturated rings. The number of hydrogen-bond donors (Lipinski definition) is 1. The lowest BCUT2D eigenvalue weighted by atomic mass is 10.00. The van der Waals surface area contributed by atoms with Crippen LogP contribution in [0.3, 0.4) is 0 Å². The third kappa shape index (κ3) is 2.80. The minimum atomic E-state index is 0.447. The summed E-state index contributed by atoms with van der Waals surface area (Å²) in [6, 6.07) is 8.53. The van der Waals surface area contributed by atoms with E-state index >= 15 is 0 Å². The van der Waals surface area contributed by atoms with E-state index in [9.17, 15) is 0 Å². The number of rotatable bonds is 3. The van der Waals surface area contributed by atoms with Crippen molar-refractivity contribution in [3.05, 3.63) is 34.9 Å². The summed E-state index contributed by atoms with van der Waals surface area (Å²) in [5.74, 6) is 1.74. The van der Waals surface area contributed by atoms with Gasteiger partial charge in [0, 0.05) is 23.1 Å². The van der Waals surface area contributed by atoms with Gasteiger partial charge in [-0.1, -0.05) is 17.7 Å². The number of halogens is 1. The van der Waals surface area contributed by atoms with E-state index in [1.807, 2.05) is 18.2 Å². The second-order valence-electron chi connectivity index (χ2n) is 6.57. The number of fused-ring (bicyclic) bond motifs is 1. The number of aryl methyl sites for hydroxylation is 1. The molecule has 4 rings (SSSR count). The van der Waals surface area contributed by atoms with Crippen LogP contribution in [0.15, 0.2) is 24.3 Å². The summed E-state index contributed by atoms with van der Waals surface area (Å²) >= 11 is 6.26. The summed E-state index contributed by atoms with van der Waals surface area (Å²) in [4.78, 5) is 4.78. The Hall–Kier alpha value is -1.32. The number of aromatic nitrogens is 1. The zero-order valence-corrected chi connectivity index (χ0v) is 13.6. The first-order chi connectivity index (χ1) is 10.7. The topological polar surface area (TPSA) is 34.1 Å². The van der Waals surface area contributed by atoms with Crippen LogP contribution in [0.25, 0.3) is 10.9 Å². The van der Waals surface area contributed by atoms with E-state index in [4.69, 9.17) is 21.3 Å². The van der Waals surface area contributed by atoms with E-state index in [2.05, 4.69) is 18.3 Å². The molecule has 0 spiro atoms. The van der Waals surface area contributed by atoms with Gasteiger partial charge in [0.25, 0.3) is 0 Å². The molecule has 22 heavy (non-hydrogen) atoms. The predicted molar refractivity (Wildman–Crippen MR) is 90.6 cm³/mol. The second kappa shape index (κ2) is 5.71. The molecule has 0 bridgehead atoms. The van der Waals surface area contributed by atoms with Crippen LogP contribution in [0.2, 0.25) is 5.02 Å². The highest BCUT2D eigenvalue weighted by Gasteiger charge is 2.35. The van der Waals surface area contributed by atoms with Crippen LogP contribution in [0.1, 0.15) is 31.2 Å². The number of benzene rings is 1. The van der Waals surface area contributed by atoms with Gasteiger partial charge in [-0.2, -0.15) is 0 Å². The molecule has 2 aliphatic rings. The number of ether oxygens (including phenoxy) is 1. The number of anilines is 1. The molecule has 0 amide bonds. The Bertz CT molecular complexity index is 699. The molecule has 1 saturated heterocycles. The first-order valence-corrected chi connectivity index (χ1v) is 8.52. The van der Waals surface area contributed by atoms with Crippen LogP contribution >= 0.6 is 11.6 Å². The molecule has 3 nitrogen and oxygen atoms in total. The largest absolute Gasteiger partial charge is 0.378 e. The number of nitrogens with one attached hydrogen (secondary N) is 1. The average Bonchev–Trinajstić information content (AvgIpc) is 3.36. The summed E-state index contributed by atoms with van der Waals surface area (Å²) in [5.41, 5.74) is 2.15. The lowest BCUT2D eigenvalue weighted by Crippen LogP contribution is -2.35. The van der Waals surface area contributed by atoms with Gasteiger partial charge in [-0.15, -0.1) is 0 Å². The Morgan fingerprint density at radius 3 is 2.86 bits per heavy atom. The highest BCUT2D eigenvalue weighted by atomic mass is 35.5. The molecule has 1 aromatic heterocycles. The molecule has 0 radical (unpaired) electrons. The summed E-state index contributed by atoms with van der Waals surface area (Å²) in [7, 11) is 0. The maximum absolute atomic E-state index is 6.26. The van der Waals surface area contributed by atoms with Gasteiger partial charge in [-0.3, -0.25) is 0 Å². The highest BCUT2D eigenvalue weighted by Crippen LogP contribution is 2.38. The molecular weight excluding hydrogens is 296 g/mol. The monoisotopic (exact) mass is 316 g/mol. The molecule has 1 aliphatic carbocycles. The Morgan fingerprint density at radius 1 is 1.18 bits per heavy atom. The van der Waals surface area contributed by atoms with E-state index < -0.39 is 0 Å². The van der Waals surface area contributed by atoms with Crippen molar-refractivity contribution in [2.24, 2.45) is 5.92 Å². The summed E-state index contributed by atoms with van der Waals surface area (Å²) in [5, 5.41) is 5.38. The van der Waals surface area contributed by atoms with E-state index in [1.165, 1.54) is 12.8 Å². The predicted octanol–water partition coefficient (Wildman–Crippen LogP) is 4.57. The van der Waals surface area contributed by atoms with Crippen molar-refractivity contribution in [1.82, 2.24) is 4.98 Å². The van der Waals surface area contributed by atoms with Crippen molar-refractivity contribution < 1.29 is 4.74 Å². The molecule has 2 aromatic rings. The van der Waals surface area contributed by atoms with Gasteiger partial charge >= 0.3 is 0 Å². The van der Waals surface area contributed by atoms with Crippen molar-refractivity contribution in [1.29, 1.82) is 0 Å². The molecule has 4 heteroatoms. The highest BCUT2D eigenvalue weighted by molar-refractivity contribution is 6.35. The molecule has 2 unspecified atom stereocenters. The first kappa shape index (κ1) is 14.3. The smallest absolute Gasteiger partial charge is 0.126 e. The maximum atomic E-state index is 6.26. The average molecular weight is 317 g/mol. The quantitative estimate of drug-likeness (QED) is 0.901. The van der Waals surface area contributed by atoms with Gasteiger partial charge in [0.1, 0.15) is 5.82 Å². The Morgan fingerprint density at radius 2 is 2.05 bits per heavy atom. The van der Waals surface area contributed by atoms with Crippen molar-refractivity contribution in [3.8, 4) is 0 Å². The van der Waals surface area contributed by atoms with Crippen LogP contribution < -0.4 is 5.32 Å².